The Labute approximate surface area is 180 Å². The van der Waals surface area contributed by atoms with Crippen LogP contribution in [0, 0.1) is 0 Å². The van der Waals surface area contributed by atoms with E-state index in [1.165, 1.54) is 32.7 Å². The highest BCUT2D eigenvalue weighted by Gasteiger charge is 2.52. The maximum Gasteiger partial charge on any atom is 0.464 e. The lowest BCUT2D eigenvalue weighted by atomic mass is 9.73. The zero-order chi connectivity index (χ0) is 21.5. The monoisotopic (exact) mass is 398 g/mol. The summed E-state index contributed by atoms with van der Waals surface area (Å²) in [5.74, 6) is 0.146. The maximum atomic E-state index is 6.23. The van der Waals surface area contributed by atoms with Gasteiger partial charge in [0.05, 0.1) is 11.2 Å². The minimum Gasteiger partial charge on any atom is -0.403 e. The largest absolute Gasteiger partial charge is 0.464 e. The van der Waals surface area contributed by atoms with Crippen molar-refractivity contribution in [1.29, 1.82) is 0 Å². The first-order valence-electron chi connectivity index (χ1n) is 10.8. The lowest BCUT2D eigenvalue weighted by molar-refractivity contribution is 0.00578. The van der Waals surface area contributed by atoms with Gasteiger partial charge < -0.3 is 9.31 Å². The van der Waals surface area contributed by atoms with E-state index in [1.807, 2.05) is 0 Å². The Morgan fingerprint density at radius 1 is 0.867 bits per heavy atom. The third kappa shape index (κ3) is 3.61. The number of fused-ring (bicyclic) bond motifs is 3. The molecule has 1 heterocycles. The predicted octanol–water partition coefficient (Wildman–Crippen LogP) is 7.43. The van der Waals surface area contributed by atoms with Crippen LogP contribution in [0.3, 0.4) is 0 Å². The molecule has 0 aromatic heterocycles. The smallest absolute Gasteiger partial charge is 0.403 e. The van der Waals surface area contributed by atoms with Crippen LogP contribution in [-0.2, 0) is 9.31 Å². The molecule has 4 rings (SSSR count). The molecule has 0 radical (unpaired) electrons. The molecule has 0 bridgehead atoms. The summed E-state index contributed by atoms with van der Waals surface area (Å²) in [5.41, 5.74) is 1.85. The van der Waals surface area contributed by atoms with Crippen molar-refractivity contribution >= 4 is 34.2 Å². The predicted molar refractivity (Wildman–Crippen MR) is 130 cm³/mol. The second-order valence-electron chi connectivity index (χ2n) is 9.28. The van der Waals surface area contributed by atoms with Crippen LogP contribution < -0.4 is 0 Å². The molecule has 3 heteroatoms. The number of allylic oxidation sites excluding steroid dienone is 4. The van der Waals surface area contributed by atoms with E-state index >= 15 is 0 Å². The minimum atomic E-state index is -0.308. The molecule has 3 aromatic rings. The molecule has 1 unspecified atom stereocenters. The molecule has 0 aliphatic carbocycles. The van der Waals surface area contributed by atoms with E-state index in [2.05, 4.69) is 114 Å². The molecule has 0 amide bonds. The van der Waals surface area contributed by atoms with Gasteiger partial charge in [-0.15, -0.1) is 0 Å². The van der Waals surface area contributed by atoms with Gasteiger partial charge in [0.1, 0.15) is 0 Å². The van der Waals surface area contributed by atoms with E-state index in [0.29, 0.717) is 0 Å². The number of hydrogen-bond donors (Lipinski definition) is 0. The summed E-state index contributed by atoms with van der Waals surface area (Å²) >= 11 is 0. The molecule has 1 saturated heterocycles. The molecular formula is C27H31BO2. The van der Waals surface area contributed by atoms with Crippen molar-refractivity contribution in [1.82, 2.24) is 0 Å². The van der Waals surface area contributed by atoms with Crippen LogP contribution in [0.1, 0.15) is 47.1 Å². The van der Waals surface area contributed by atoms with Crippen molar-refractivity contribution in [3.8, 4) is 0 Å². The molecule has 154 valence electrons. The summed E-state index contributed by atoms with van der Waals surface area (Å²) < 4.78 is 12.5. The van der Waals surface area contributed by atoms with Gasteiger partial charge in [0.25, 0.3) is 0 Å². The zero-order valence-electron chi connectivity index (χ0n) is 18.9. The summed E-state index contributed by atoms with van der Waals surface area (Å²) in [6.07, 6.45) is 6.61. The Hall–Kier alpha value is -2.36. The first kappa shape index (κ1) is 20.9. The third-order valence-electron chi connectivity index (χ3n) is 6.67. The van der Waals surface area contributed by atoms with Gasteiger partial charge in [-0.25, -0.2) is 0 Å². The maximum absolute atomic E-state index is 6.23. The zero-order valence-corrected chi connectivity index (χ0v) is 18.9. The van der Waals surface area contributed by atoms with E-state index in [9.17, 15) is 0 Å². The molecule has 0 N–H and O–H groups in total. The molecule has 3 aromatic carbocycles. The highest BCUT2D eigenvalue weighted by molar-refractivity contribution is 6.48. The van der Waals surface area contributed by atoms with Crippen LogP contribution in [0.5, 0.6) is 0 Å². The van der Waals surface area contributed by atoms with Crippen LogP contribution in [0.2, 0.25) is 5.82 Å². The highest BCUT2D eigenvalue weighted by atomic mass is 16.7. The van der Waals surface area contributed by atoms with E-state index in [0.717, 1.165) is 0 Å². The van der Waals surface area contributed by atoms with Gasteiger partial charge in [-0.1, -0.05) is 73.7 Å². The molecule has 1 aliphatic heterocycles. The van der Waals surface area contributed by atoms with Gasteiger partial charge >= 0.3 is 7.12 Å². The van der Waals surface area contributed by atoms with E-state index in [-0.39, 0.29) is 24.1 Å². The first-order valence-corrected chi connectivity index (χ1v) is 10.8. The number of hydrogen-bond acceptors (Lipinski definition) is 2. The van der Waals surface area contributed by atoms with Crippen molar-refractivity contribution in [2.75, 3.05) is 0 Å². The summed E-state index contributed by atoms with van der Waals surface area (Å²) in [7, 11) is -0.238. The lowest BCUT2D eigenvalue weighted by Crippen LogP contribution is -2.41. The second kappa shape index (κ2) is 7.72. The van der Waals surface area contributed by atoms with Crippen molar-refractivity contribution in [3.63, 3.8) is 0 Å². The average molecular weight is 398 g/mol. The van der Waals surface area contributed by atoms with Gasteiger partial charge in [0.2, 0.25) is 0 Å². The number of benzene rings is 3. The van der Waals surface area contributed by atoms with Gasteiger partial charge in [0, 0.05) is 5.82 Å². The Balaban J connectivity index is 1.69. The molecule has 1 aliphatic rings. The van der Waals surface area contributed by atoms with Crippen LogP contribution in [-0.4, -0.2) is 18.3 Å². The normalized spacial score (nSPS) is 19.8. The van der Waals surface area contributed by atoms with Gasteiger partial charge in [0.15, 0.2) is 0 Å². The van der Waals surface area contributed by atoms with E-state index < -0.39 is 0 Å². The summed E-state index contributed by atoms with van der Waals surface area (Å²) in [6.45, 7) is 12.7. The van der Waals surface area contributed by atoms with Gasteiger partial charge in [-0.2, -0.15) is 0 Å². The lowest BCUT2D eigenvalue weighted by Gasteiger charge is -2.32. The summed E-state index contributed by atoms with van der Waals surface area (Å²) in [6, 6.07) is 19.6. The summed E-state index contributed by atoms with van der Waals surface area (Å²) in [5, 5.41) is 5.12. The van der Waals surface area contributed by atoms with Gasteiger partial charge in [-0.3, -0.25) is 0 Å². The fourth-order valence-corrected chi connectivity index (χ4v) is 4.08. The topological polar surface area (TPSA) is 18.5 Å². The van der Waals surface area contributed by atoms with Crippen LogP contribution >= 0.6 is 0 Å². The molecule has 30 heavy (non-hydrogen) atoms. The summed E-state index contributed by atoms with van der Waals surface area (Å²) in [4.78, 5) is 0. The molecule has 0 saturated carbocycles. The standard InChI is InChI=1S/C27H31BO2/c1-7-20(17-16-19(2)28-29-26(3,4)27(5,6)30-28)25-18-21-12-8-9-13-22(21)23-14-10-11-15-24(23)25/h7-19H,1-6H3/b17-16-,20-7+. The molecule has 1 fully saturated rings. The van der Waals surface area contributed by atoms with Crippen LogP contribution in [0.25, 0.3) is 27.1 Å². The molecule has 0 spiro atoms. The highest BCUT2D eigenvalue weighted by Crippen LogP contribution is 2.40. The number of rotatable bonds is 4. The van der Waals surface area contributed by atoms with E-state index in [4.69, 9.17) is 9.31 Å². The van der Waals surface area contributed by atoms with Crippen molar-refractivity contribution in [3.05, 3.63) is 78.4 Å². The Kier molecular flexibility index (Phi) is 5.38. The second-order valence-corrected chi connectivity index (χ2v) is 9.28. The minimum absolute atomic E-state index is 0.146. The fraction of sp³-hybridized carbons (Fsp3) is 0.333. The van der Waals surface area contributed by atoms with Crippen molar-refractivity contribution < 1.29 is 9.31 Å². The first-order chi connectivity index (χ1) is 14.2. The average Bonchev–Trinajstić information content (AvgIpc) is 2.95. The Bertz CT molecular complexity index is 1120. The van der Waals surface area contributed by atoms with Crippen LogP contribution in [0.4, 0.5) is 0 Å². The Morgan fingerprint density at radius 3 is 2.07 bits per heavy atom. The molecule has 2 nitrogen and oxygen atoms in total. The quantitative estimate of drug-likeness (QED) is 0.258. The van der Waals surface area contributed by atoms with Crippen molar-refractivity contribution in [2.24, 2.45) is 0 Å². The third-order valence-corrected chi connectivity index (χ3v) is 6.67. The Morgan fingerprint density at radius 2 is 1.43 bits per heavy atom. The molecular weight excluding hydrogens is 367 g/mol. The van der Waals surface area contributed by atoms with Gasteiger partial charge in [-0.05, 0) is 73.4 Å². The fourth-order valence-electron chi connectivity index (χ4n) is 4.08. The van der Waals surface area contributed by atoms with Crippen LogP contribution in [0.15, 0.2) is 72.8 Å². The molecule has 1 atom stereocenters. The van der Waals surface area contributed by atoms with E-state index in [1.54, 1.807) is 0 Å². The SMILES string of the molecule is C/C=C(\C=C/C(C)B1OC(C)(C)C(C)(C)O1)c1cc2ccccc2c2ccccc12. The van der Waals surface area contributed by atoms with Crippen molar-refractivity contribution in [2.45, 2.75) is 58.6 Å².